The summed E-state index contributed by atoms with van der Waals surface area (Å²) in [7, 11) is 0. The molecule has 0 fully saturated rings. The molecule has 0 aliphatic carbocycles. The molecule has 0 spiro atoms. The normalized spacial score (nSPS) is 13.8. The second kappa shape index (κ2) is 11.3. The number of aliphatic carboxylic acids is 1. The van der Waals surface area contributed by atoms with Gasteiger partial charge < -0.3 is 20.3 Å². The van der Waals surface area contributed by atoms with Crippen LogP contribution >= 0.6 is 23.2 Å². The first kappa shape index (κ1) is 27.4. The molecule has 0 saturated heterocycles. The van der Waals surface area contributed by atoms with Crippen molar-refractivity contribution in [3.05, 3.63) is 75.7 Å². The maximum absolute atomic E-state index is 14.6. The summed E-state index contributed by atoms with van der Waals surface area (Å²) >= 11 is 12.3. The highest BCUT2D eigenvalue weighted by molar-refractivity contribution is 6.42. The lowest BCUT2D eigenvalue weighted by Crippen LogP contribution is -2.38. The van der Waals surface area contributed by atoms with E-state index in [4.69, 9.17) is 27.9 Å². The Morgan fingerprint density at radius 1 is 1.19 bits per heavy atom. The van der Waals surface area contributed by atoms with Crippen molar-refractivity contribution in [3.63, 3.8) is 0 Å². The number of aliphatic hydroxyl groups is 1. The SMILES string of the molecule is CC(C)C(C)(O)COc1cc(C(=O)NC(CC(=O)O)c2cccc(Cl)c2Cl)nn1-c1ccccc1F. The molecule has 8 nitrogen and oxygen atoms in total. The van der Waals surface area contributed by atoms with Gasteiger partial charge in [-0.2, -0.15) is 9.78 Å². The van der Waals surface area contributed by atoms with Crippen LogP contribution in [0.15, 0.2) is 48.5 Å². The molecular weight excluding hydrogens is 512 g/mol. The van der Waals surface area contributed by atoms with Gasteiger partial charge in [0.1, 0.15) is 18.1 Å². The van der Waals surface area contributed by atoms with E-state index >= 15 is 0 Å². The molecule has 0 aliphatic rings. The van der Waals surface area contributed by atoms with E-state index in [1.807, 2.05) is 13.8 Å². The van der Waals surface area contributed by atoms with Crippen LogP contribution in [0.4, 0.5) is 4.39 Å². The summed E-state index contributed by atoms with van der Waals surface area (Å²) in [5.41, 5.74) is -1.03. The first-order chi connectivity index (χ1) is 16.9. The summed E-state index contributed by atoms with van der Waals surface area (Å²) in [6.07, 6.45) is -0.472. The van der Waals surface area contributed by atoms with Crippen molar-refractivity contribution in [2.75, 3.05) is 6.61 Å². The number of nitrogens with zero attached hydrogens (tertiary/aromatic N) is 2. The van der Waals surface area contributed by atoms with Crippen molar-refractivity contribution >= 4 is 35.1 Å². The molecule has 0 aliphatic heterocycles. The first-order valence-corrected chi connectivity index (χ1v) is 11.8. The van der Waals surface area contributed by atoms with Crippen molar-refractivity contribution in [1.29, 1.82) is 0 Å². The number of amides is 1. The minimum Gasteiger partial charge on any atom is -0.481 e. The van der Waals surface area contributed by atoms with Gasteiger partial charge in [0.25, 0.3) is 5.91 Å². The second-order valence-corrected chi connectivity index (χ2v) is 9.58. The van der Waals surface area contributed by atoms with E-state index in [-0.39, 0.29) is 39.8 Å². The highest BCUT2D eigenvalue weighted by Gasteiger charge is 2.29. The topological polar surface area (TPSA) is 114 Å². The van der Waals surface area contributed by atoms with Crippen molar-refractivity contribution in [2.24, 2.45) is 5.92 Å². The maximum atomic E-state index is 14.6. The van der Waals surface area contributed by atoms with Crippen molar-refractivity contribution in [3.8, 4) is 11.6 Å². The zero-order valence-corrected chi connectivity index (χ0v) is 21.3. The van der Waals surface area contributed by atoms with Gasteiger partial charge in [-0.25, -0.2) is 4.39 Å². The minimum atomic E-state index is -1.21. The molecule has 2 atom stereocenters. The smallest absolute Gasteiger partial charge is 0.305 e. The van der Waals surface area contributed by atoms with E-state index < -0.39 is 35.8 Å². The number of hydrogen-bond acceptors (Lipinski definition) is 5. The standard InChI is InChI=1S/C25H26Cl2FN3O5/c1-14(2)25(3,35)13-36-21-11-19(30-31(21)20-10-5-4-9-17(20)28)24(34)29-18(12-22(32)33)15-7-6-8-16(26)23(15)27/h4-11,14,18,35H,12-13H2,1-3H3,(H,29,34)(H,32,33). The van der Waals surface area contributed by atoms with Gasteiger partial charge in [0.15, 0.2) is 5.69 Å². The molecule has 0 radical (unpaired) electrons. The molecular formula is C25H26Cl2FN3O5. The molecule has 2 aromatic carbocycles. The molecule has 1 amide bonds. The first-order valence-electron chi connectivity index (χ1n) is 11.1. The number of carboxylic acids is 1. The second-order valence-electron chi connectivity index (χ2n) is 8.80. The van der Waals surface area contributed by atoms with Crippen LogP contribution in [0.1, 0.15) is 49.3 Å². The number of carbonyl (C=O) groups excluding carboxylic acids is 1. The van der Waals surface area contributed by atoms with E-state index in [0.717, 1.165) is 4.68 Å². The fraction of sp³-hybridized carbons (Fsp3) is 0.320. The molecule has 0 saturated carbocycles. The average Bonchev–Trinajstić information content (AvgIpc) is 3.23. The third-order valence-corrected chi connectivity index (χ3v) is 6.62. The fourth-order valence-electron chi connectivity index (χ4n) is 3.20. The van der Waals surface area contributed by atoms with Crippen LogP contribution in [-0.4, -0.2) is 44.1 Å². The largest absolute Gasteiger partial charge is 0.481 e. The highest BCUT2D eigenvalue weighted by Crippen LogP contribution is 2.32. The molecule has 3 aromatic rings. The molecule has 1 aromatic heterocycles. The number of halogens is 3. The molecule has 3 N–H and O–H groups in total. The number of carboxylic acid groups (broad SMARTS) is 1. The lowest BCUT2D eigenvalue weighted by molar-refractivity contribution is -0.137. The predicted molar refractivity (Wildman–Crippen MR) is 133 cm³/mol. The number of aromatic nitrogens is 2. The molecule has 192 valence electrons. The summed E-state index contributed by atoms with van der Waals surface area (Å²) in [6.45, 7) is 5.09. The van der Waals surface area contributed by atoms with Gasteiger partial charge in [-0.15, -0.1) is 0 Å². The molecule has 2 unspecified atom stereocenters. The quantitative estimate of drug-likeness (QED) is 0.333. The van der Waals surface area contributed by atoms with Gasteiger partial charge in [0.2, 0.25) is 5.88 Å². The van der Waals surface area contributed by atoms with Crippen molar-refractivity contribution in [1.82, 2.24) is 15.1 Å². The Hall–Kier alpha value is -3.14. The summed E-state index contributed by atoms with van der Waals surface area (Å²) in [4.78, 5) is 24.6. The monoisotopic (exact) mass is 537 g/mol. The number of hydrogen-bond donors (Lipinski definition) is 3. The minimum absolute atomic E-state index is 0.0155. The molecule has 0 bridgehead atoms. The number of benzene rings is 2. The summed E-state index contributed by atoms with van der Waals surface area (Å²) < 4.78 is 21.4. The van der Waals surface area contributed by atoms with Crippen LogP contribution in [0.25, 0.3) is 5.69 Å². The van der Waals surface area contributed by atoms with Gasteiger partial charge in [-0.05, 0) is 36.6 Å². The zero-order valence-electron chi connectivity index (χ0n) is 19.8. The van der Waals surface area contributed by atoms with Gasteiger partial charge in [0, 0.05) is 6.07 Å². The Bertz CT molecular complexity index is 1260. The Morgan fingerprint density at radius 2 is 1.89 bits per heavy atom. The number of ether oxygens (including phenoxy) is 1. The molecule has 36 heavy (non-hydrogen) atoms. The zero-order chi connectivity index (χ0) is 26.6. The van der Waals surface area contributed by atoms with Crippen LogP contribution in [0.5, 0.6) is 5.88 Å². The number of nitrogens with one attached hydrogen (secondary N) is 1. The van der Waals surface area contributed by atoms with Crippen LogP contribution in [0, 0.1) is 11.7 Å². The lowest BCUT2D eigenvalue weighted by atomic mass is 9.94. The number of para-hydroxylation sites is 1. The Kier molecular flexibility index (Phi) is 8.60. The van der Waals surface area contributed by atoms with Crippen molar-refractivity contribution in [2.45, 2.75) is 38.8 Å². The van der Waals surface area contributed by atoms with Gasteiger partial charge in [-0.1, -0.05) is 61.3 Å². The lowest BCUT2D eigenvalue weighted by Gasteiger charge is -2.27. The van der Waals surface area contributed by atoms with E-state index in [2.05, 4.69) is 10.4 Å². The fourth-order valence-corrected chi connectivity index (χ4v) is 3.64. The Balaban J connectivity index is 1.97. The van der Waals surface area contributed by atoms with Crippen LogP contribution in [0.2, 0.25) is 10.0 Å². The van der Waals surface area contributed by atoms with Crippen LogP contribution in [-0.2, 0) is 4.79 Å². The maximum Gasteiger partial charge on any atom is 0.305 e. The highest BCUT2D eigenvalue weighted by atomic mass is 35.5. The number of carbonyl (C=O) groups is 2. The average molecular weight is 538 g/mol. The van der Waals surface area contributed by atoms with E-state index in [0.29, 0.717) is 5.56 Å². The summed E-state index contributed by atoms with van der Waals surface area (Å²) in [5.74, 6) is -2.66. The van der Waals surface area contributed by atoms with E-state index in [9.17, 15) is 24.2 Å². The molecule has 3 rings (SSSR count). The Morgan fingerprint density at radius 3 is 2.53 bits per heavy atom. The van der Waals surface area contributed by atoms with Gasteiger partial charge in [0.05, 0.1) is 28.1 Å². The number of rotatable bonds is 10. The van der Waals surface area contributed by atoms with E-state index in [1.165, 1.54) is 24.3 Å². The third-order valence-electron chi connectivity index (χ3n) is 5.79. The van der Waals surface area contributed by atoms with Gasteiger partial charge in [-0.3, -0.25) is 9.59 Å². The predicted octanol–water partition coefficient (Wildman–Crippen LogP) is 5.05. The van der Waals surface area contributed by atoms with Gasteiger partial charge >= 0.3 is 5.97 Å². The molecule has 1 heterocycles. The summed E-state index contributed by atoms with van der Waals surface area (Å²) in [6, 6.07) is 10.7. The van der Waals surface area contributed by atoms with Crippen molar-refractivity contribution < 1.29 is 28.9 Å². The molecule has 11 heteroatoms. The Labute approximate surface area is 217 Å². The van der Waals surface area contributed by atoms with E-state index in [1.54, 1.807) is 31.2 Å². The van der Waals surface area contributed by atoms with Crippen LogP contribution in [0.3, 0.4) is 0 Å². The summed E-state index contributed by atoms with van der Waals surface area (Å²) in [5, 5.41) is 27.1. The van der Waals surface area contributed by atoms with Crippen LogP contribution < -0.4 is 10.1 Å². The third kappa shape index (κ3) is 6.34.